The average molecular weight is 342 g/mol. The normalized spacial score (nSPS) is 10.8. The minimum Gasteiger partial charge on any atom is -0.316 e. The predicted molar refractivity (Wildman–Crippen MR) is 89.5 cm³/mol. The van der Waals surface area contributed by atoms with Crippen molar-refractivity contribution in [2.24, 2.45) is 0 Å². The Hall–Kier alpha value is -1.91. The zero-order valence-corrected chi connectivity index (χ0v) is 13.3. The molecule has 0 spiro atoms. The van der Waals surface area contributed by atoms with Crippen LogP contribution in [0.4, 0.5) is 0 Å². The molecule has 0 fully saturated rings. The summed E-state index contributed by atoms with van der Waals surface area (Å²) in [5.74, 6) is 0. The lowest BCUT2D eigenvalue weighted by molar-refractivity contribution is 0.818. The van der Waals surface area contributed by atoms with Gasteiger partial charge in [-0.2, -0.15) is 5.10 Å². The van der Waals surface area contributed by atoms with E-state index in [0.29, 0.717) is 0 Å². The molecule has 1 heterocycles. The summed E-state index contributed by atoms with van der Waals surface area (Å²) >= 11 is 3.61. The molecular formula is C17H16BrN3. The van der Waals surface area contributed by atoms with Crippen LogP contribution in [-0.4, -0.2) is 16.8 Å². The number of benzene rings is 2. The summed E-state index contributed by atoms with van der Waals surface area (Å²) in [5, 5.41) is 7.80. The van der Waals surface area contributed by atoms with Gasteiger partial charge in [0.15, 0.2) is 0 Å². The van der Waals surface area contributed by atoms with E-state index in [1.807, 2.05) is 42.2 Å². The smallest absolute Gasteiger partial charge is 0.0794 e. The standard InChI is InChI=1S/C17H16BrN3/c1-19-11-14-12-20-21(16-10-6-5-9-15(16)18)17(14)13-7-3-2-4-8-13/h2-10,12,19H,11H2,1H3. The van der Waals surface area contributed by atoms with E-state index in [2.05, 4.69) is 56.7 Å². The zero-order valence-electron chi connectivity index (χ0n) is 11.8. The molecule has 0 atom stereocenters. The fraction of sp³-hybridized carbons (Fsp3) is 0.118. The van der Waals surface area contributed by atoms with Crippen LogP contribution in [-0.2, 0) is 6.54 Å². The molecule has 0 saturated carbocycles. The monoisotopic (exact) mass is 341 g/mol. The molecule has 0 aliphatic heterocycles. The number of nitrogens with zero attached hydrogens (tertiary/aromatic N) is 2. The number of para-hydroxylation sites is 1. The maximum absolute atomic E-state index is 4.59. The first-order valence-electron chi connectivity index (χ1n) is 6.83. The second-order valence-electron chi connectivity index (χ2n) is 4.78. The third kappa shape index (κ3) is 2.77. The Bertz CT molecular complexity index is 735. The van der Waals surface area contributed by atoms with E-state index in [9.17, 15) is 0 Å². The van der Waals surface area contributed by atoms with Crippen LogP contribution >= 0.6 is 15.9 Å². The van der Waals surface area contributed by atoms with Gasteiger partial charge in [0, 0.05) is 22.1 Å². The van der Waals surface area contributed by atoms with Gasteiger partial charge < -0.3 is 5.32 Å². The quantitative estimate of drug-likeness (QED) is 0.776. The van der Waals surface area contributed by atoms with Crippen molar-refractivity contribution in [1.29, 1.82) is 0 Å². The van der Waals surface area contributed by atoms with Gasteiger partial charge in [-0.25, -0.2) is 4.68 Å². The van der Waals surface area contributed by atoms with Crippen LogP contribution in [0.1, 0.15) is 5.56 Å². The lowest BCUT2D eigenvalue weighted by Gasteiger charge is -2.11. The SMILES string of the molecule is CNCc1cnn(-c2ccccc2Br)c1-c1ccccc1. The molecule has 0 aliphatic rings. The maximum Gasteiger partial charge on any atom is 0.0794 e. The third-order valence-electron chi connectivity index (χ3n) is 3.34. The van der Waals surface area contributed by atoms with Gasteiger partial charge in [-0.05, 0) is 35.1 Å². The Kier molecular flexibility index (Phi) is 4.18. The third-order valence-corrected chi connectivity index (χ3v) is 4.01. The van der Waals surface area contributed by atoms with Crippen LogP contribution < -0.4 is 5.32 Å². The van der Waals surface area contributed by atoms with Gasteiger partial charge in [-0.3, -0.25) is 0 Å². The van der Waals surface area contributed by atoms with E-state index in [1.165, 1.54) is 5.56 Å². The van der Waals surface area contributed by atoms with Crippen LogP contribution in [0, 0.1) is 0 Å². The molecule has 1 N–H and O–H groups in total. The molecule has 2 aromatic carbocycles. The van der Waals surface area contributed by atoms with E-state index in [0.717, 1.165) is 28.0 Å². The Balaban J connectivity index is 2.21. The number of hydrogen-bond acceptors (Lipinski definition) is 2. The number of halogens is 1. The first-order chi connectivity index (χ1) is 10.3. The van der Waals surface area contributed by atoms with Crippen molar-refractivity contribution < 1.29 is 0 Å². The number of nitrogens with one attached hydrogen (secondary N) is 1. The summed E-state index contributed by atoms with van der Waals surface area (Å²) in [7, 11) is 1.95. The first-order valence-corrected chi connectivity index (χ1v) is 7.62. The highest BCUT2D eigenvalue weighted by molar-refractivity contribution is 9.10. The Morgan fingerprint density at radius 3 is 2.48 bits per heavy atom. The van der Waals surface area contributed by atoms with Crippen LogP contribution in [0.3, 0.4) is 0 Å². The minimum atomic E-state index is 0.786. The van der Waals surface area contributed by atoms with Gasteiger partial charge in [0.25, 0.3) is 0 Å². The topological polar surface area (TPSA) is 29.9 Å². The van der Waals surface area contributed by atoms with Gasteiger partial charge in [0.2, 0.25) is 0 Å². The Morgan fingerprint density at radius 2 is 1.76 bits per heavy atom. The van der Waals surface area contributed by atoms with Crippen molar-refractivity contribution in [3.63, 3.8) is 0 Å². The second-order valence-corrected chi connectivity index (χ2v) is 5.63. The lowest BCUT2D eigenvalue weighted by Crippen LogP contribution is -2.07. The van der Waals surface area contributed by atoms with Crippen molar-refractivity contribution in [3.8, 4) is 16.9 Å². The molecule has 106 valence electrons. The van der Waals surface area contributed by atoms with Gasteiger partial charge in [0.1, 0.15) is 0 Å². The largest absolute Gasteiger partial charge is 0.316 e. The van der Waals surface area contributed by atoms with Gasteiger partial charge >= 0.3 is 0 Å². The molecule has 4 heteroatoms. The Labute approximate surface area is 132 Å². The van der Waals surface area contributed by atoms with Crippen molar-refractivity contribution in [2.75, 3.05) is 7.05 Å². The lowest BCUT2D eigenvalue weighted by atomic mass is 10.1. The minimum absolute atomic E-state index is 0.786. The van der Waals surface area contributed by atoms with E-state index < -0.39 is 0 Å². The molecule has 0 aliphatic carbocycles. The van der Waals surface area contributed by atoms with Crippen LogP contribution in [0.2, 0.25) is 0 Å². The summed E-state index contributed by atoms with van der Waals surface area (Å²) in [5.41, 5.74) is 4.51. The molecule has 0 unspecified atom stereocenters. The molecule has 3 nitrogen and oxygen atoms in total. The summed E-state index contributed by atoms with van der Waals surface area (Å²) in [6, 6.07) is 18.5. The van der Waals surface area contributed by atoms with E-state index in [-0.39, 0.29) is 0 Å². The molecule has 0 saturated heterocycles. The van der Waals surface area contributed by atoms with E-state index >= 15 is 0 Å². The van der Waals surface area contributed by atoms with Crippen LogP contribution in [0.5, 0.6) is 0 Å². The van der Waals surface area contributed by atoms with Gasteiger partial charge in [-0.15, -0.1) is 0 Å². The molecular weight excluding hydrogens is 326 g/mol. The molecule has 21 heavy (non-hydrogen) atoms. The highest BCUT2D eigenvalue weighted by Gasteiger charge is 2.15. The maximum atomic E-state index is 4.59. The highest BCUT2D eigenvalue weighted by Crippen LogP contribution is 2.29. The summed E-state index contributed by atoms with van der Waals surface area (Å²) in [6.07, 6.45) is 1.93. The number of rotatable bonds is 4. The second kappa shape index (κ2) is 6.24. The highest BCUT2D eigenvalue weighted by atomic mass is 79.9. The van der Waals surface area contributed by atoms with Crippen LogP contribution in [0.25, 0.3) is 16.9 Å². The number of hydrogen-bond donors (Lipinski definition) is 1. The first kappa shape index (κ1) is 14.0. The zero-order chi connectivity index (χ0) is 14.7. The number of aromatic nitrogens is 2. The summed E-state index contributed by atoms with van der Waals surface area (Å²) < 4.78 is 3.02. The molecule has 0 bridgehead atoms. The molecule has 3 aromatic rings. The van der Waals surface area contributed by atoms with E-state index in [1.54, 1.807) is 0 Å². The summed E-state index contributed by atoms with van der Waals surface area (Å²) in [6.45, 7) is 0.786. The van der Waals surface area contributed by atoms with Crippen molar-refractivity contribution in [3.05, 3.63) is 70.8 Å². The fourth-order valence-corrected chi connectivity index (χ4v) is 2.86. The van der Waals surface area contributed by atoms with Crippen molar-refractivity contribution >= 4 is 15.9 Å². The van der Waals surface area contributed by atoms with Gasteiger partial charge in [-0.1, -0.05) is 42.5 Å². The molecule has 0 radical (unpaired) electrons. The molecule has 3 rings (SSSR count). The fourth-order valence-electron chi connectivity index (χ4n) is 2.41. The summed E-state index contributed by atoms with van der Waals surface area (Å²) in [4.78, 5) is 0. The van der Waals surface area contributed by atoms with Gasteiger partial charge in [0.05, 0.1) is 17.6 Å². The van der Waals surface area contributed by atoms with Crippen molar-refractivity contribution in [1.82, 2.24) is 15.1 Å². The molecule has 0 amide bonds. The van der Waals surface area contributed by atoms with Crippen molar-refractivity contribution in [2.45, 2.75) is 6.54 Å². The van der Waals surface area contributed by atoms with Crippen LogP contribution in [0.15, 0.2) is 65.3 Å². The average Bonchev–Trinajstić information content (AvgIpc) is 2.92. The Morgan fingerprint density at radius 1 is 1.05 bits per heavy atom. The predicted octanol–water partition coefficient (Wildman–Crippen LogP) is 4.02. The molecule has 1 aromatic heterocycles. The van der Waals surface area contributed by atoms with E-state index in [4.69, 9.17) is 0 Å².